The first kappa shape index (κ1) is 29.8. The van der Waals surface area contributed by atoms with Crippen LogP contribution in [0.1, 0.15) is 0 Å². The summed E-state index contributed by atoms with van der Waals surface area (Å²) in [7, 11) is 0. The van der Waals surface area contributed by atoms with Gasteiger partial charge in [-0.05, 0) is 75.5 Å². The zero-order valence-corrected chi connectivity index (χ0v) is 29.2. The summed E-state index contributed by atoms with van der Waals surface area (Å²) in [4.78, 5) is 7.89. The SMILES string of the molecule is c1ccc(-c2ccc(N(c3cccc(-c4ccc5ccccc5c4)c3)c3c4nc(-c5ccccc5)sc4cc4sc5ccccc5c34)cc2)cc1. The van der Waals surface area contributed by atoms with Gasteiger partial charge in [-0.25, -0.2) is 4.98 Å². The van der Waals surface area contributed by atoms with E-state index in [0.29, 0.717) is 0 Å². The van der Waals surface area contributed by atoms with Gasteiger partial charge in [0.15, 0.2) is 0 Å². The van der Waals surface area contributed by atoms with Crippen LogP contribution in [0.3, 0.4) is 0 Å². The molecule has 0 saturated carbocycles. The second-order valence-corrected chi connectivity index (χ2v) is 14.9. The van der Waals surface area contributed by atoms with Crippen molar-refractivity contribution < 1.29 is 0 Å². The normalized spacial score (nSPS) is 11.5. The molecule has 4 heteroatoms. The van der Waals surface area contributed by atoms with Gasteiger partial charge in [0, 0.05) is 37.1 Å². The number of hydrogen-bond donors (Lipinski definition) is 0. The average Bonchev–Trinajstić information content (AvgIpc) is 3.80. The second kappa shape index (κ2) is 12.4. The summed E-state index contributed by atoms with van der Waals surface area (Å²) in [6.45, 7) is 0. The highest BCUT2D eigenvalue weighted by Crippen LogP contribution is 2.50. The van der Waals surface area contributed by atoms with Gasteiger partial charge in [-0.1, -0.05) is 140 Å². The summed E-state index contributed by atoms with van der Waals surface area (Å²) in [6, 6.07) is 65.6. The third kappa shape index (κ3) is 5.28. The molecule has 0 bridgehead atoms. The molecule has 0 saturated heterocycles. The van der Waals surface area contributed by atoms with Crippen molar-refractivity contribution in [2.75, 3.05) is 4.90 Å². The smallest absolute Gasteiger partial charge is 0.124 e. The Kier molecular flexibility index (Phi) is 7.23. The second-order valence-electron chi connectivity index (χ2n) is 12.8. The summed E-state index contributed by atoms with van der Waals surface area (Å²) in [5.74, 6) is 0. The first-order valence-electron chi connectivity index (χ1n) is 17.1. The number of thiazole rings is 1. The number of aromatic nitrogens is 1. The fourth-order valence-corrected chi connectivity index (χ4v) is 9.44. The van der Waals surface area contributed by atoms with Gasteiger partial charge in [0.05, 0.1) is 10.4 Å². The highest BCUT2D eigenvalue weighted by atomic mass is 32.1. The summed E-state index contributed by atoms with van der Waals surface area (Å²) >= 11 is 3.62. The maximum absolute atomic E-state index is 5.45. The average molecular weight is 687 g/mol. The highest BCUT2D eigenvalue weighted by Gasteiger charge is 2.25. The van der Waals surface area contributed by atoms with Crippen molar-refractivity contribution in [2.45, 2.75) is 0 Å². The van der Waals surface area contributed by atoms with Crippen LogP contribution in [0, 0.1) is 0 Å². The zero-order valence-electron chi connectivity index (χ0n) is 27.5. The molecule has 8 aromatic carbocycles. The molecule has 0 aliphatic rings. The van der Waals surface area contributed by atoms with Crippen molar-refractivity contribution in [1.29, 1.82) is 0 Å². The summed E-state index contributed by atoms with van der Waals surface area (Å²) in [5, 5.41) is 5.99. The minimum Gasteiger partial charge on any atom is -0.308 e. The van der Waals surface area contributed by atoms with Crippen molar-refractivity contribution >= 4 is 80.9 Å². The third-order valence-electron chi connectivity index (χ3n) is 9.66. The molecular weight excluding hydrogens is 657 g/mol. The lowest BCUT2D eigenvalue weighted by Crippen LogP contribution is -2.11. The van der Waals surface area contributed by atoms with Crippen molar-refractivity contribution in [2.24, 2.45) is 0 Å². The molecule has 2 nitrogen and oxygen atoms in total. The van der Waals surface area contributed by atoms with Gasteiger partial charge in [0.25, 0.3) is 0 Å². The zero-order chi connectivity index (χ0) is 33.7. The molecule has 0 radical (unpaired) electrons. The Morgan fingerprint density at radius 3 is 1.86 bits per heavy atom. The minimum absolute atomic E-state index is 1.01. The lowest BCUT2D eigenvalue weighted by molar-refractivity contribution is 1.30. The predicted molar refractivity (Wildman–Crippen MR) is 221 cm³/mol. The van der Waals surface area contributed by atoms with Gasteiger partial charge >= 0.3 is 0 Å². The van der Waals surface area contributed by atoms with Crippen molar-refractivity contribution in [3.05, 3.63) is 182 Å². The van der Waals surface area contributed by atoms with E-state index in [1.54, 1.807) is 11.3 Å². The molecule has 51 heavy (non-hydrogen) atoms. The van der Waals surface area contributed by atoms with Crippen molar-refractivity contribution in [3.8, 4) is 32.8 Å². The Hall–Kier alpha value is -6.07. The van der Waals surface area contributed by atoms with E-state index in [4.69, 9.17) is 4.98 Å². The van der Waals surface area contributed by atoms with Crippen LogP contribution in [0.4, 0.5) is 17.1 Å². The first-order valence-corrected chi connectivity index (χ1v) is 18.8. The maximum Gasteiger partial charge on any atom is 0.124 e. The van der Waals surface area contributed by atoms with Gasteiger partial charge in [-0.2, -0.15) is 0 Å². The molecule has 0 amide bonds. The van der Waals surface area contributed by atoms with E-state index in [0.717, 1.165) is 33.1 Å². The maximum atomic E-state index is 5.45. The number of nitrogens with zero attached hydrogens (tertiary/aromatic N) is 2. The Morgan fingerprint density at radius 2 is 1.04 bits per heavy atom. The largest absolute Gasteiger partial charge is 0.308 e. The molecule has 0 fully saturated rings. The number of fused-ring (bicyclic) bond motifs is 5. The van der Waals surface area contributed by atoms with E-state index in [1.165, 1.54) is 57.9 Å². The van der Waals surface area contributed by atoms with Crippen LogP contribution < -0.4 is 4.90 Å². The molecule has 10 rings (SSSR count). The minimum atomic E-state index is 1.01. The van der Waals surface area contributed by atoms with E-state index < -0.39 is 0 Å². The molecule has 0 atom stereocenters. The third-order valence-corrected chi connectivity index (χ3v) is 11.8. The Morgan fingerprint density at radius 1 is 0.392 bits per heavy atom. The Bertz CT molecular complexity index is 2850. The van der Waals surface area contributed by atoms with Crippen molar-refractivity contribution in [1.82, 2.24) is 4.98 Å². The molecule has 0 aliphatic heterocycles. The molecule has 0 aliphatic carbocycles. The monoisotopic (exact) mass is 686 g/mol. The van der Waals surface area contributed by atoms with Crippen LogP contribution >= 0.6 is 22.7 Å². The lowest BCUT2D eigenvalue weighted by atomic mass is 10.00. The van der Waals surface area contributed by atoms with E-state index in [-0.39, 0.29) is 0 Å². The fraction of sp³-hybridized carbons (Fsp3) is 0. The molecule has 240 valence electrons. The Labute approximate surface area is 304 Å². The molecule has 0 unspecified atom stereocenters. The van der Waals surface area contributed by atoms with Gasteiger partial charge in [0.2, 0.25) is 0 Å². The Balaban J connectivity index is 1.25. The van der Waals surface area contributed by atoms with Crippen LogP contribution in [-0.4, -0.2) is 4.98 Å². The van der Waals surface area contributed by atoms with Crippen LogP contribution in [0.25, 0.3) is 74.0 Å². The lowest BCUT2D eigenvalue weighted by Gasteiger charge is -2.27. The molecule has 2 aromatic heterocycles. The van der Waals surface area contributed by atoms with E-state index in [2.05, 4.69) is 187 Å². The van der Waals surface area contributed by atoms with E-state index in [1.807, 2.05) is 11.3 Å². The van der Waals surface area contributed by atoms with E-state index >= 15 is 0 Å². The fourth-order valence-electron chi connectivity index (χ4n) is 7.20. The van der Waals surface area contributed by atoms with Crippen LogP contribution in [0.15, 0.2) is 182 Å². The number of thiophene rings is 1. The molecule has 0 spiro atoms. The van der Waals surface area contributed by atoms with Gasteiger partial charge in [-0.15, -0.1) is 22.7 Å². The standard InChI is InChI=1S/C47H30N2S2/c1-3-12-31(13-4-1)33-24-26-38(27-25-33)49(39-19-11-18-36(29-39)37-23-22-32-14-7-8-17-35(32)28-37)46-44-40-20-9-10-21-41(40)50-42(44)30-43-45(46)48-47(51-43)34-15-5-2-6-16-34/h1-30H. The molecule has 2 heterocycles. The van der Waals surface area contributed by atoms with Gasteiger partial charge < -0.3 is 4.90 Å². The summed E-state index contributed by atoms with van der Waals surface area (Å²) in [5.41, 5.74) is 10.2. The van der Waals surface area contributed by atoms with Crippen LogP contribution in [-0.2, 0) is 0 Å². The molecular formula is C47H30N2S2. The number of rotatable bonds is 6. The number of benzene rings is 8. The van der Waals surface area contributed by atoms with Crippen LogP contribution in [0.5, 0.6) is 0 Å². The summed E-state index contributed by atoms with van der Waals surface area (Å²) < 4.78 is 3.72. The molecule has 0 N–H and O–H groups in total. The van der Waals surface area contributed by atoms with Gasteiger partial charge in [-0.3, -0.25) is 0 Å². The number of anilines is 3. The van der Waals surface area contributed by atoms with Crippen LogP contribution in [0.2, 0.25) is 0 Å². The number of hydrogen-bond acceptors (Lipinski definition) is 4. The highest BCUT2D eigenvalue weighted by molar-refractivity contribution is 7.27. The quantitative estimate of drug-likeness (QED) is 0.173. The summed E-state index contributed by atoms with van der Waals surface area (Å²) in [6.07, 6.45) is 0. The van der Waals surface area contributed by atoms with Gasteiger partial charge in [0.1, 0.15) is 10.5 Å². The predicted octanol–water partition coefficient (Wildman–Crippen LogP) is 14.3. The first-order chi connectivity index (χ1) is 25.3. The molecule has 10 aromatic rings. The topological polar surface area (TPSA) is 16.1 Å². The van der Waals surface area contributed by atoms with E-state index in [9.17, 15) is 0 Å². The van der Waals surface area contributed by atoms with Crippen molar-refractivity contribution in [3.63, 3.8) is 0 Å².